The number of carbonyl (C=O) groups is 1. The van der Waals surface area contributed by atoms with E-state index in [4.69, 9.17) is 9.47 Å². The minimum absolute atomic E-state index is 0.307. The average Bonchev–Trinajstić information content (AvgIpc) is 2.61. The van der Waals surface area contributed by atoms with E-state index in [0.717, 1.165) is 43.4 Å². The molecule has 3 heteroatoms. The van der Waals surface area contributed by atoms with Gasteiger partial charge in [0.1, 0.15) is 5.60 Å². The van der Waals surface area contributed by atoms with E-state index < -0.39 is 6.16 Å². The zero-order valence-electron chi connectivity index (χ0n) is 16.9. The first-order valence-electron chi connectivity index (χ1n) is 10.9. The van der Waals surface area contributed by atoms with Crippen molar-refractivity contribution in [1.29, 1.82) is 0 Å². The number of rotatable bonds is 8. The van der Waals surface area contributed by atoms with Gasteiger partial charge in [-0.3, -0.25) is 0 Å². The molecule has 0 saturated heterocycles. The topological polar surface area (TPSA) is 35.5 Å². The number of unbranched alkanes of at least 4 members (excludes halogenated alkanes) is 2. The Bertz CT molecular complexity index is 377. The molecule has 2 aliphatic carbocycles. The Labute approximate surface area is 155 Å². The lowest BCUT2D eigenvalue weighted by molar-refractivity contribution is -0.0567. The van der Waals surface area contributed by atoms with Gasteiger partial charge in [-0.05, 0) is 69.6 Å². The van der Waals surface area contributed by atoms with Gasteiger partial charge in [-0.15, -0.1) is 0 Å². The Morgan fingerprint density at radius 1 is 0.920 bits per heavy atom. The fourth-order valence-corrected chi connectivity index (χ4v) is 4.80. The number of hydrogen-bond acceptors (Lipinski definition) is 3. The van der Waals surface area contributed by atoms with Crippen molar-refractivity contribution in [2.75, 3.05) is 6.61 Å². The second-order valence-electron chi connectivity index (χ2n) is 8.76. The van der Waals surface area contributed by atoms with E-state index in [0.29, 0.717) is 6.61 Å². The quantitative estimate of drug-likeness (QED) is 0.352. The molecule has 0 heterocycles. The third kappa shape index (κ3) is 6.83. The molecular weight excluding hydrogens is 312 g/mol. The molecule has 146 valence electrons. The van der Waals surface area contributed by atoms with Crippen LogP contribution < -0.4 is 0 Å². The first-order chi connectivity index (χ1) is 12.1. The molecule has 3 nitrogen and oxygen atoms in total. The highest BCUT2D eigenvalue weighted by Crippen LogP contribution is 2.44. The molecule has 2 saturated carbocycles. The van der Waals surface area contributed by atoms with E-state index in [1.165, 1.54) is 57.8 Å². The second-order valence-corrected chi connectivity index (χ2v) is 8.76. The van der Waals surface area contributed by atoms with Gasteiger partial charge < -0.3 is 9.47 Å². The molecule has 0 atom stereocenters. The Balaban J connectivity index is 1.68. The van der Waals surface area contributed by atoms with Crippen LogP contribution in [0.5, 0.6) is 0 Å². The van der Waals surface area contributed by atoms with E-state index >= 15 is 0 Å². The highest BCUT2D eigenvalue weighted by molar-refractivity contribution is 5.60. The SMILES string of the molecule is CCCCOC(=O)OC1(C)CCC(C2CCC(CCCC)CC2)CC1. The van der Waals surface area contributed by atoms with Gasteiger partial charge in [0, 0.05) is 0 Å². The van der Waals surface area contributed by atoms with Gasteiger partial charge in [-0.25, -0.2) is 4.79 Å². The lowest BCUT2D eigenvalue weighted by Crippen LogP contribution is -2.38. The number of hydrogen-bond donors (Lipinski definition) is 0. The van der Waals surface area contributed by atoms with Crippen molar-refractivity contribution in [2.24, 2.45) is 17.8 Å². The van der Waals surface area contributed by atoms with Crippen LogP contribution in [0, 0.1) is 17.8 Å². The van der Waals surface area contributed by atoms with Crippen molar-refractivity contribution in [3.8, 4) is 0 Å². The highest BCUT2D eigenvalue weighted by atomic mass is 16.7. The van der Waals surface area contributed by atoms with E-state index in [9.17, 15) is 4.79 Å². The summed E-state index contributed by atoms with van der Waals surface area (Å²) < 4.78 is 10.8. The maximum Gasteiger partial charge on any atom is 0.508 e. The zero-order valence-corrected chi connectivity index (χ0v) is 16.9. The zero-order chi connectivity index (χ0) is 18.1. The second kappa shape index (κ2) is 10.4. The van der Waals surface area contributed by atoms with Crippen LogP contribution in [0.2, 0.25) is 0 Å². The maximum atomic E-state index is 11.9. The van der Waals surface area contributed by atoms with Crippen LogP contribution in [0.1, 0.15) is 104 Å². The summed E-state index contributed by atoms with van der Waals surface area (Å²) in [4.78, 5) is 11.9. The smallest absolute Gasteiger partial charge is 0.434 e. The van der Waals surface area contributed by atoms with Crippen molar-refractivity contribution in [3.05, 3.63) is 0 Å². The first-order valence-corrected chi connectivity index (χ1v) is 10.9. The van der Waals surface area contributed by atoms with Crippen molar-refractivity contribution in [2.45, 2.75) is 110 Å². The molecule has 2 fully saturated rings. The fraction of sp³-hybridized carbons (Fsp3) is 0.955. The molecule has 0 radical (unpaired) electrons. The van der Waals surface area contributed by atoms with Gasteiger partial charge in [0.15, 0.2) is 0 Å². The molecule has 0 aromatic rings. The standard InChI is InChI=1S/C22H40O3/c1-4-6-8-18-9-11-19(12-10-18)20-13-15-22(3,16-14-20)25-21(23)24-17-7-5-2/h18-20H,4-17H2,1-3H3. The minimum Gasteiger partial charge on any atom is -0.434 e. The summed E-state index contributed by atoms with van der Waals surface area (Å²) >= 11 is 0. The molecule has 2 rings (SSSR count). The van der Waals surface area contributed by atoms with Crippen LogP contribution >= 0.6 is 0 Å². The van der Waals surface area contributed by atoms with Crippen LogP contribution in [0.4, 0.5) is 4.79 Å². The summed E-state index contributed by atoms with van der Waals surface area (Å²) in [6.45, 7) is 6.96. The lowest BCUT2D eigenvalue weighted by atomic mass is 9.68. The van der Waals surface area contributed by atoms with Gasteiger partial charge in [0.25, 0.3) is 0 Å². The minimum atomic E-state index is -0.467. The van der Waals surface area contributed by atoms with E-state index in [1.807, 2.05) is 0 Å². The predicted molar refractivity (Wildman–Crippen MR) is 103 cm³/mol. The molecule has 0 aromatic carbocycles. The third-order valence-electron chi connectivity index (χ3n) is 6.66. The molecule has 0 N–H and O–H groups in total. The van der Waals surface area contributed by atoms with Gasteiger partial charge >= 0.3 is 6.16 Å². The molecule has 0 aliphatic heterocycles. The Morgan fingerprint density at radius 3 is 2.12 bits per heavy atom. The largest absolute Gasteiger partial charge is 0.508 e. The monoisotopic (exact) mass is 352 g/mol. The van der Waals surface area contributed by atoms with Crippen LogP contribution in [-0.2, 0) is 9.47 Å². The van der Waals surface area contributed by atoms with Gasteiger partial charge in [0.2, 0.25) is 0 Å². The molecule has 2 aliphatic rings. The molecule has 0 aromatic heterocycles. The lowest BCUT2D eigenvalue weighted by Gasteiger charge is -2.41. The molecule has 0 bridgehead atoms. The Morgan fingerprint density at radius 2 is 1.52 bits per heavy atom. The van der Waals surface area contributed by atoms with E-state index in [2.05, 4.69) is 20.8 Å². The normalized spacial score (nSPS) is 33.0. The summed E-state index contributed by atoms with van der Waals surface area (Å²) in [6, 6.07) is 0. The molecule has 0 unspecified atom stereocenters. The van der Waals surface area contributed by atoms with E-state index in [-0.39, 0.29) is 5.60 Å². The van der Waals surface area contributed by atoms with Gasteiger partial charge in [0.05, 0.1) is 6.61 Å². The summed E-state index contributed by atoms with van der Waals surface area (Å²) in [5, 5.41) is 0. The molecule has 0 amide bonds. The van der Waals surface area contributed by atoms with Gasteiger partial charge in [-0.1, -0.05) is 52.4 Å². The highest BCUT2D eigenvalue weighted by Gasteiger charge is 2.38. The van der Waals surface area contributed by atoms with Crippen molar-refractivity contribution in [3.63, 3.8) is 0 Å². The Kier molecular flexibility index (Phi) is 8.58. The van der Waals surface area contributed by atoms with E-state index in [1.54, 1.807) is 0 Å². The predicted octanol–water partition coefficient (Wildman–Crippen LogP) is 6.89. The van der Waals surface area contributed by atoms with Crippen LogP contribution in [0.3, 0.4) is 0 Å². The Hall–Kier alpha value is -0.730. The fourth-order valence-electron chi connectivity index (χ4n) is 4.80. The summed E-state index contributed by atoms with van der Waals surface area (Å²) in [5.41, 5.74) is -0.307. The maximum absolute atomic E-state index is 11.9. The molecular formula is C22H40O3. The third-order valence-corrected chi connectivity index (χ3v) is 6.66. The summed E-state index contributed by atoms with van der Waals surface area (Å²) in [7, 11) is 0. The molecule has 0 spiro atoms. The van der Waals surface area contributed by atoms with Crippen molar-refractivity contribution in [1.82, 2.24) is 0 Å². The van der Waals surface area contributed by atoms with Crippen LogP contribution in [0.15, 0.2) is 0 Å². The van der Waals surface area contributed by atoms with Gasteiger partial charge in [-0.2, -0.15) is 0 Å². The van der Waals surface area contributed by atoms with Crippen molar-refractivity contribution >= 4 is 6.16 Å². The average molecular weight is 353 g/mol. The van der Waals surface area contributed by atoms with Crippen LogP contribution in [-0.4, -0.2) is 18.4 Å². The van der Waals surface area contributed by atoms with Crippen molar-refractivity contribution < 1.29 is 14.3 Å². The van der Waals surface area contributed by atoms with Crippen LogP contribution in [0.25, 0.3) is 0 Å². The number of ether oxygens (including phenoxy) is 2. The first kappa shape index (κ1) is 20.6. The molecule has 25 heavy (non-hydrogen) atoms. The number of carbonyl (C=O) groups excluding carboxylic acids is 1. The summed E-state index contributed by atoms with van der Waals surface area (Å²) in [5.74, 6) is 2.75. The summed E-state index contributed by atoms with van der Waals surface area (Å²) in [6.07, 6.45) is 15.8.